The van der Waals surface area contributed by atoms with Crippen LogP contribution in [0, 0.1) is 11.3 Å². The van der Waals surface area contributed by atoms with Crippen molar-refractivity contribution in [2.24, 2.45) is 0 Å². The van der Waals surface area contributed by atoms with E-state index in [-0.39, 0.29) is 21.1 Å². The molecule has 2 aromatic rings. The summed E-state index contributed by atoms with van der Waals surface area (Å²) in [7, 11) is 0. The summed E-state index contributed by atoms with van der Waals surface area (Å²) in [6.45, 7) is -0.461. The topological polar surface area (TPSA) is 85.2 Å². The number of carbonyl (C=O) groups is 1. The van der Waals surface area contributed by atoms with Crippen LogP contribution in [-0.2, 0) is 17.4 Å². The van der Waals surface area contributed by atoms with E-state index in [9.17, 15) is 36.2 Å². The number of nitrogens with zero attached hydrogens (tertiary/aromatic N) is 1. The van der Waals surface area contributed by atoms with Crippen LogP contribution in [0.15, 0.2) is 45.3 Å². The van der Waals surface area contributed by atoms with Gasteiger partial charge in [0.15, 0.2) is 0 Å². The smallest absolute Gasteiger partial charge is 0.416 e. The summed E-state index contributed by atoms with van der Waals surface area (Å²) in [6, 6.07) is 2.86. The number of hydrogen-bond acceptors (Lipinski definition) is 4. The highest BCUT2D eigenvalue weighted by molar-refractivity contribution is 9.11. The minimum atomic E-state index is -4.95. The molecule has 0 aromatic heterocycles. The zero-order valence-electron chi connectivity index (χ0n) is 16.4. The van der Waals surface area contributed by atoms with E-state index in [1.54, 1.807) is 6.07 Å². The van der Waals surface area contributed by atoms with Crippen LogP contribution in [0.5, 0.6) is 5.75 Å². The first-order valence-corrected chi connectivity index (χ1v) is 10.6. The molecule has 0 aliphatic heterocycles. The van der Waals surface area contributed by atoms with Crippen molar-refractivity contribution in [3.63, 3.8) is 0 Å². The SMILES string of the molecule is N#CCNC(=O)[C@H](Cc1cc(Br)c(O)c(Br)c1)N[C@@H](c1ccc(C(F)(F)F)cc1)C(F)(F)F. The van der Waals surface area contributed by atoms with Crippen molar-refractivity contribution >= 4 is 37.8 Å². The fraction of sp³-hybridized carbons (Fsp3) is 0.300. The molecule has 1 amide bonds. The van der Waals surface area contributed by atoms with E-state index in [2.05, 4.69) is 42.5 Å². The number of nitriles is 1. The molecule has 0 fully saturated rings. The Balaban J connectivity index is 2.41. The Labute approximate surface area is 201 Å². The van der Waals surface area contributed by atoms with E-state index >= 15 is 0 Å². The lowest BCUT2D eigenvalue weighted by Gasteiger charge is -2.27. The van der Waals surface area contributed by atoms with Crippen molar-refractivity contribution in [1.82, 2.24) is 10.6 Å². The molecule has 0 unspecified atom stereocenters. The summed E-state index contributed by atoms with van der Waals surface area (Å²) in [5.41, 5.74) is -1.29. The van der Waals surface area contributed by atoms with Gasteiger partial charge in [-0.05, 0) is 73.7 Å². The Bertz CT molecular complexity index is 1010. The summed E-state index contributed by atoms with van der Waals surface area (Å²) in [5.74, 6) is -1.08. The van der Waals surface area contributed by atoms with Gasteiger partial charge in [-0.15, -0.1) is 0 Å². The van der Waals surface area contributed by atoms with Crippen molar-refractivity contribution in [2.45, 2.75) is 30.9 Å². The van der Waals surface area contributed by atoms with Gasteiger partial charge in [-0.3, -0.25) is 10.1 Å². The third-order valence-corrected chi connectivity index (χ3v) is 5.65. The molecule has 178 valence electrons. The molecule has 0 bridgehead atoms. The standard InChI is InChI=1S/C20H15Br2F6N3O2/c21-13-7-10(8-14(22)16(13)32)9-15(18(33)30-6-5-29)31-17(20(26,27)28)11-1-3-12(4-2-11)19(23,24)25/h1-4,7-8,15,17,31-32H,6,9H2,(H,30,33)/t15-,17-/m0/s1. The van der Waals surface area contributed by atoms with Gasteiger partial charge in [0.1, 0.15) is 18.3 Å². The molecule has 0 radical (unpaired) electrons. The molecule has 3 N–H and O–H groups in total. The number of carbonyl (C=O) groups excluding carboxylic acids is 1. The molecule has 0 spiro atoms. The van der Waals surface area contributed by atoms with Crippen LogP contribution in [0.1, 0.15) is 22.7 Å². The van der Waals surface area contributed by atoms with Gasteiger partial charge in [-0.25, -0.2) is 0 Å². The summed E-state index contributed by atoms with van der Waals surface area (Å²) in [6.07, 6.45) is -9.97. The van der Waals surface area contributed by atoms with Crippen LogP contribution >= 0.6 is 31.9 Å². The quantitative estimate of drug-likeness (QED) is 0.293. The lowest BCUT2D eigenvalue weighted by molar-refractivity contribution is -0.160. The number of amides is 1. The van der Waals surface area contributed by atoms with Gasteiger partial charge in [0.25, 0.3) is 0 Å². The number of aromatic hydroxyl groups is 1. The monoisotopic (exact) mass is 601 g/mol. The first kappa shape index (κ1) is 26.9. The molecule has 0 aliphatic rings. The number of phenols is 1. The second-order valence-electron chi connectivity index (χ2n) is 6.80. The van der Waals surface area contributed by atoms with E-state index in [1.807, 2.05) is 0 Å². The molecule has 5 nitrogen and oxygen atoms in total. The van der Waals surface area contributed by atoms with Gasteiger partial charge >= 0.3 is 12.4 Å². The highest BCUT2D eigenvalue weighted by atomic mass is 79.9. The maximum absolute atomic E-state index is 13.8. The Hall–Kier alpha value is -2.30. The second-order valence-corrected chi connectivity index (χ2v) is 8.51. The molecule has 0 aliphatic carbocycles. The zero-order valence-corrected chi connectivity index (χ0v) is 19.5. The molecule has 0 saturated carbocycles. The van der Waals surface area contributed by atoms with Gasteiger partial charge in [0.2, 0.25) is 5.91 Å². The fourth-order valence-electron chi connectivity index (χ4n) is 2.89. The third-order valence-electron chi connectivity index (χ3n) is 4.44. The minimum Gasteiger partial charge on any atom is -0.506 e. The average molecular weight is 603 g/mol. The van der Waals surface area contributed by atoms with E-state index in [4.69, 9.17) is 5.26 Å². The highest BCUT2D eigenvalue weighted by Gasteiger charge is 2.43. The Kier molecular flexibility index (Phi) is 8.78. The molecular weight excluding hydrogens is 588 g/mol. The molecule has 0 heterocycles. The second kappa shape index (κ2) is 10.8. The number of rotatable bonds is 7. The minimum absolute atomic E-state index is 0.157. The van der Waals surface area contributed by atoms with E-state index in [0.717, 1.165) is 0 Å². The van der Waals surface area contributed by atoms with Crippen LogP contribution in [-0.4, -0.2) is 29.8 Å². The van der Waals surface area contributed by atoms with Gasteiger partial charge in [0.05, 0.1) is 26.6 Å². The number of benzene rings is 2. The first-order chi connectivity index (χ1) is 15.2. The summed E-state index contributed by atoms with van der Waals surface area (Å²) in [5, 5.41) is 22.8. The molecule has 33 heavy (non-hydrogen) atoms. The van der Waals surface area contributed by atoms with Crippen LogP contribution in [0.2, 0.25) is 0 Å². The van der Waals surface area contributed by atoms with Crippen molar-refractivity contribution in [3.8, 4) is 11.8 Å². The largest absolute Gasteiger partial charge is 0.506 e. The van der Waals surface area contributed by atoms with Crippen LogP contribution < -0.4 is 10.6 Å². The van der Waals surface area contributed by atoms with Crippen molar-refractivity contribution in [3.05, 3.63) is 62.0 Å². The molecular formula is C20H15Br2F6N3O2. The lowest BCUT2D eigenvalue weighted by Crippen LogP contribution is -2.50. The third kappa shape index (κ3) is 7.35. The van der Waals surface area contributed by atoms with Crippen LogP contribution in [0.25, 0.3) is 0 Å². The number of halogens is 8. The lowest BCUT2D eigenvalue weighted by atomic mass is 10.00. The molecule has 2 aromatic carbocycles. The van der Waals surface area contributed by atoms with Gasteiger partial charge in [0, 0.05) is 0 Å². The number of alkyl halides is 6. The first-order valence-electron chi connectivity index (χ1n) is 9.05. The fourth-order valence-corrected chi connectivity index (χ4v) is 4.18. The van der Waals surface area contributed by atoms with Crippen LogP contribution in [0.3, 0.4) is 0 Å². The summed E-state index contributed by atoms with van der Waals surface area (Å²) >= 11 is 6.18. The van der Waals surface area contributed by atoms with E-state index in [0.29, 0.717) is 29.8 Å². The molecule has 0 saturated heterocycles. The Morgan fingerprint density at radius 2 is 1.61 bits per heavy atom. The van der Waals surface area contributed by atoms with Gasteiger partial charge in [-0.2, -0.15) is 31.6 Å². The van der Waals surface area contributed by atoms with Gasteiger partial charge < -0.3 is 10.4 Å². The number of nitrogens with one attached hydrogen (secondary N) is 2. The maximum atomic E-state index is 13.8. The van der Waals surface area contributed by atoms with Crippen molar-refractivity contribution in [1.29, 1.82) is 5.26 Å². The normalized spacial score (nSPS) is 13.8. The molecule has 2 rings (SSSR count). The summed E-state index contributed by atoms with van der Waals surface area (Å²) < 4.78 is 80.2. The number of hydrogen-bond donors (Lipinski definition) is 3. The van der Waals surface area contributed by atoms with E-state index < -0.39 is 48.0 Å². The zero-order chi connectivity index (χ0) is 25.0. The Morgan fingerprint density at radius 1 is 1.06 bits per heavy atom. The van der Waals surface area contributed by atoms with Crippen molar-refractivity contribution in [2.75, 3.05) is 6.54 Å². The van der Waals surface area contributed by atoms with Crippen LogP contribution in [0.4, 0.5) is 26.3 Å². The maximum Gasteiger partial charge on any atom is 0.416 e. The predicted molar refractivity (Wildman–Crippen MR) is 113 cm³/mol. The summed E-state index contributed by atoms with van der Waals surface area (Å²) in [4.78, 5) is 12.5. The Morgan fingerprint density at radius 3 is 2.06 bits per heavy atom. The predicted octanol–water partition coefficient (Wildman–Crippen LogP) is 5.38. The average Bonchev–Trinajstić information content (AvgIpc) is 2.71. The van der Waals surface area contributed by atoms with Gasteiger partial charge in [-0.1, -0.05) is 12.1 Å². The number of phenolic OH excluding ortho intramolecular Hbond substituents is 1. The van der Waals surface area contributed by atoms with Crippen molar-refractivity contribution < 1.29 is 36.2 Å². The highest BCUT2D eigenvalue weighted by Crippen LogP contribution is 2.37. The van der Waals surface area contributed by atoms with E-state index in [1.165, 1.54) is 12.1 Å². The molecule has 2 atom stereocenters. The molecule has 13 heteroatoms.